The van der Waals surface area contributed by atoms with Gasteiger partial charge in [-0.05, 0) is 32.0 Å². The van der Waals surface area contributed by atoms with Crippen LogP contribution >= 0.6 is 11.3 Å². The van der Waals surface area contributed by atoms with Gasteiger partial charge in [0.2, 0.25) is 0 Å². The zero-order valence-corrected chi connectivity index (χ0v) is 14.2. The Kier molecular flexibility index (Phi) is 6.02. The summed E-state index contributed by atoms with van der Waals surface area (Å²) in [5.74, 6) is 0.705. The van der Waals surface area contributed by atoms with Gasteiger partial charge >= 0.3 is 0 Å². The van der Waals surface area contributed by atoms with Crippen molar-refractivity contribution in [3.8, 4) is 0 Å². The second-order valence-electron chi connectivity index (χ2n) is 6.29. The van der Waals surface area contributed by atoms with E-state index in [0.717, 1.165) is 13.1 Å². The summed E-state index contributed by atoms with van der Waals surface area (Å²) in [5, 5.41) is 3.66. The molecular weight excluding hydrogens is 266 g/mol. The second kappa shape index (κ2) is 7.55. The molecule has 20 heavy (non-hydrogen) atoms. The first-order chi connectivity index (χ1) is 9.56. The molecule has 1 atom stereocenters. The molecule has 2 rings (SSSR count). The summed E-state index contributed by atoms with van der Waals surface area (Å²) in [6.07, 6.45) is 0. The minimum atomic E-state index is 0.657. The standard InChI is InChI=1S/C16H29N3S/c1-13(2)16(19-9-7-18(4)8-10-19)12-17-11-15-6-5-14(3)20-15/h5-6,13,16-17H,7-12H2,1-4H3. The largest absolute Gasteiger partial charge is 0.310 e. The van der Waals surface area contributed by atoms with Crippen LogP contribution in [-0.2, 0) is 6.54 Å². The Bertz CT molecular complexity index is 394. The molecule has 1 aromatic rings. The summed E-state index contributed by atoms with van der Waals surface area (Å²) >= 11 is 1.90. The SMILES string of the molecule is Cc1ccc(CNCC(C(C)C)N2CCN(C)CC2)s1. The third-order valence-electron chi connectivity index (χ3n) is 4.23. The lowest BCUT2D eigenvalue weighted by Crippen LogP contribution is -2.53. The molecule has 0 bridgehead atoms. The lowest BCUT2D eigenvalue weighted by Gasteiger charge is -2.40. The van der Waals surface area contributed by atoms with E-state index in [-0.39, 0.29) is 0 Å². The third kappa shape index (κ3) is 4.55. The van der Waals surface area contributed by atoms with Crippen LogP contribution in [0.5, 0.6) is 0 Å². The van der Waals surface area contributed by atoms with Gasteiger partial charge in [-0.15, -0.1) is 11.3 Å². The van der Waals surface area contributed by atoms with Crippen molar-refractivity contribution in [2.24, 2.45) is 5.92 Å². The van der Waals surface area contributed by atoms with E-state index >= 15 is 0 Å². The van der Waals surface area contributed by atoms with Gasteiger partial charge in [-0.1, -0.05) is 13.8 Å². The molecule has 2 heterocycles. The molecule has 0 aromatic carbocycles. The number of hydrogen-bond acceptors (Lipinski definition) is 4. The number of rotatable bonds is 6. The Morgan fingerprint density at radius 1 is 1.20 bits per heavy atom. The van der Waals surface area contributed by atoms with Crippen LogP contribution in [0.4, 0.5) is 0 Å². The average Bonchev–Trinajstić information content (AvgIpc) is 2.81. The van der Waals surface area contributed by atoms with Crippen molar-refractivity contribution in [2.45, 2.75) is 33.4 Å². The molecule has 1 aromatic heterocycles. The fraction of sp³-hybridized carbons (Fsp3) is 0.750. The van der Waals surface area contributed by atoms with Crippen molar-refractivity contribution in [3.63, 3.8) is 0 Å². The lowest BCUT2D eigenvalue weighted by molar-refractivity contribution is 0.0875. The van der Waals surface area contributed by atoms with Crippen LogP contribution in [0.25, 0.3) is 0 Å². The predicted molar refractivity (Wildman–Crippen MR) is 88.5 cm³/mol. The maximum atomic E-state index is 3.66. The zero-order valence-electron chi connectivity index (χ0n) is 13.4. The van der Waals surface area contributed by atoms with E-state index in [9.17, 15) is 0 Å². The van der Waals surface area contributed by atoms with Crippen LogP contribution in [-0.4, -0.2) is 55.6 Å². The van der Waals surface area contributed by atoms with E-state index in [2.05, 4.69) is 55.1 Å². The van der Waals surface area contributed by atoms with E-state index in [1.807, 2.05) is 11.3 Å². The van der Waals surface area contributed by atoms with Crippen molar-refractivity contribution in [1.29, 1.82) is 0 Å². The average molecular weight is 295 g/mol. The highest BCUT2D eigenvalue weighted by Gasteiger charge is 2.24. The van der Waals surface area contributed by atoms with Crippen molar-refractivity contribution < 1.29 is 0 Å². The normalized spacial score (nSPS) is 19.6. The summed E-state index contributed by atoms with van der Waals surface area (Å²) in [6.45, 7) is 13.8. The van der Waals surface area contributed by atoms with Gasteiger partial charge < -0.3 is 10.2 Å². The number of nitrogens with one attached hydrogen (secondary N) is 1. The minimum Gasteiger partial charge on any atom is -0.310 e. The Hall–Kier alpha value is -0.420. The fourth-order valence-electron chi connectivity index (χ4n) is 2.86. The van der Waals surface area contributed by atoms with Crippen LogP contribution in [0.2, 0.25) is 0 Å². The quantitative estimate of drug-likeness (QED) is 0.869. The van der Waals surface area contributed by atoms with Gasteiger partial charge in [0.15, 0.2) is 0 Å². The van der Waals surface area contributed by atoms with E-state index in [0.29, 0.717) is 12.0 Å². The third-order valence-corrected chi connectivity index (χ3v) is 5.23. The molecule has 1 N–H and O–H groups in total. The second-order valence-corrected chi connectivity index (χ2v) is 7.67. The van der Waals surface area contributed by atoms with Crippen molar-refractivity contribution in [1.82, 2.24) is 15.1 Å². The van der Waals surface area contributed by atoms with Crippen molar-refractivity contribution >= 4 is 11.3 Å². The first-order valence-corrected chi connectivity index (χ1v) is 8.56. The number of likely N-dealkylation sites (N-methyl/N-ethyl adjacent to an activating group) is 1. The van der Waals surface area contributed by atoms with Crippen molar-refractivity contribution in [2.75, 3.05) is 39.8 Å². The Morgan fingerprint density at radius 2 is 1.90 bits per heavy atom. The Balaban J connectivity index is 1.80. The van der Waals surface area contributed by atoms with Crippen LogP contribution < -0.4 is 5.32 Å². The zero-order chi connectivity index (χ0) is 14.5. The predicted octanol–water partition coefficient (Wildman–Crippen LogP) is 2.42. The molecule has 0 aliphatic carbocycles. The molecule has 0 amide bonds. The van der Waals surface area contributed by atoms with Crippen molar-refractivity contribution in [3.05, 3.63) is 21.9 Å². The van der Waals surface area contributed by atoms with Crippen LogP contribution in [0.15, 0.2) is 12.1 Å². The first-order valence-electron chi connectivity index (χ1n) is 7.75. The number of nitrogens with zero attached hydrogens (tertiary/aromatic N) is 2. The molecule has 114 valence electrons. The molecule has 1 aliphatic rings. The maximum Gasteiger partial charge on any atom is 0.0300 e. The first kappa shape index (κ1) is 16.0. The summed E-state index contributed by atoms with van der Waals surface area (Å²) in [7, 11) is 2.22. The topological polar surface area (TPSA) is 18.5 Å². The molecule has 0 spiro atoms. The van der Waals surface area contributed by atoms with E-state index in [1.165, 1.54) is 35.9 Å². The van der Waals surface area contributed by atoms with Gasteiger partial charge in [-0.25, -0.2) is 0 Å². The lowest BCUT2D eigenvalue weighted by atomic mass is 10.0. The highest BCUT2D eigenvalue weighted by atomic mass is 32.1. The molecule has 3 nitrogen and oxygen atoms in total. The van der Waals surface area contributed by atoms with Crippen LogP contribution in [0.3, 0.4) is 0 Å². The van der Waals surface area contributed by atoms with E-state index in [4.69, 9.17) is 0 Å². The fourth-order valence-corrected chi connectivity index (χ4v) is 3.72. The number of piperazine rings is 1. The summed E-state index contributed by atoms with van der Waals surface area (Å²) in [6, 6.07) is 5.11. The summed E-state index contributed by atoms with van der Waals surface area (Å²) in [5.41, 5.74) is 0. The van der Waals surface area contributed by atoms with Gasteiger partial charge in [-0.3, -0.25) is 4.90 Å². The molecule has 0 saturated carbocycles. The van der Waals surface area contributed by atoms with Crippen LogP contribution in [0.1, 0.15) is 23.6 Å². The van der Waals surface area contributed by atoms with Gasteiger partial charge in [0, 0.05) is 55.1 Å². The molecule has 1 fully saturated rings. The van der Waals surface area contributed by atoms with E-state index in [1.54, 1.807) is 0 Å². The maximum absolute atomic E-state index is 3.66. The Morgan fingerprint density at radius 3 is 2.45 bits per heavy atom. The molecular formula is C16H29N3S. The molecule has 1 saturated heterocycles. The highest BCUT2D eigenvalue weighted by Crippen LogP contribution is 2.16. The summed E-state index contributed by atoms with van der Waals surface area (Å²) in [4.78, 5) is 7.94. The van der Waals surface area contributed by atoms with Crippen LogP contribution in [0, 0.1) is 12.8 Å². The number of hydrogen-bond donors (Lipinski definition) is 1. The van der Waals surface area contributed by atoms with Gasteiger partial charge in [-0.2, -0.15) is 0 Å². The van der Waals surface area contributed by atoms with Gasteiger partial charge in [0.25, 0.3) is 0 Å². The van der Waals surface area contributed by atoms with Gasteiger partial charge in [0.05, 0.1) is 0 Å². The van der Waals surface area contributed by atoms with E-state index < -0.39 is 0 Å². The molecule has 1 unspecified atom stereocenters. The molecule has 4 heteroatoms. The minimum absolute atomic E-state index is 0.657. The Labute approximate surface area is 128 Å². The number of aryl methyl sites for hydroxylation is 1. The summed E-state index contributed by atoms with van der Waals surface area (Å²) < 4.78 is 0. The molecule has 0 radical (unpaired) electrons. The highest BCUT2D eigenvalue weighted by molar-refractivity contribution is 7.11. The van der Waals surface area contributed by atoms with Gasteiger partial charge in [0.1, 0.15) is 0 Å². The number of thiophene rings is 1. The smallest absolute Gasteiger partial charge is 0.0300 e. The monoisotopic (exact) mass is 295 g/mol. The molecule has 1 aliphatic heterocycles.